The second kappa shape index (κ2) is 8.25. The number of fused-ring (bicyclic) bond motifs is 1. The van der Waals surface area contributed by atoms with Crippen LogP contribution in [-0.4, -0.2) is 5.91 Å². The van der Waals surface area contributed by atoms with Crippen molar-refractivity contribution < 1.29 is 13.9 Å². The summed E-state index contributed by atoms with van der Waals surface area (Å²) in [6.07, 6.45) is -0.875. The Morgan fingerprint density at radius 2 is 1.60 bits per heavy atom. The van der Waals surface area contributed by atoms with E-state index in [4.69, 9.17) is 9.15 Å². The molecule has 5 heteroatoms. The Hall–Kier alpha value is -3.86. The fourth-order valence-corrected chi connectivity index (χ4v) is 3.41. The van der Waals surface area contributed by atoms with Gasteiger partial charge in [-0.1, -0.05) is 36.4 Å². The first kappa shape index (κ1) is 19.5. The summed E-state index contributed by atoms with van der Waals surface area (Å²) in [6, 6.07) is 23.4. The summed E-state index contributed by atoms with van der Waals surface area (Å²) in [5.74, 6) is 0.141. The highest BCUT2D eigenvalue weighted by Gasteiger charge is 2.23. The quantitative estimate of drug-likeness (QED) is 0.470. The number of benzene rings is 3. The maximum atomic E-state index is 13.1. The van der Waals surface area contributed by atoms with Crippen LogP contribution in [0.4, 0.5) is 5.69 Å². The summed E-state index contributed by atoms with van der Waals surface area (Å²) in [5.41, 5.74) is 3.52. The summed E-state index contributed by atoms with van der Waals surface area (Å²) >= 11 is 0. The van der Waals surface area contributed by atoms with E-state index in [1.54, 1.807) is 24.3 Å². The van der Waals surface area contributed by atoms with Crippen molar-refractivity contribution in [2.24, 2.45) is 0 Å². The van der Waals surface area contributed by atoms with E-state index in [1.165, 1.54) is 6.07 Å². The molecule has 0 aliphatic rings. The summed E-state index contributed by atoms with van der Waals surface area (Å²) in [5, 5.41) is 3.73. The molecule has 0 fully saturated rings. The Labute approximate surface area is 173 Å². The van der Waals surface area contributed by atoms with E-state index in [9.17, 15) is 9.59 Å². The summed E-state index contributed by atoms with van der Waals surface area (Å²) in [6.45, 7) is 3.97. The van der Waals surface area contributed by atoms with Gasteiger partial charge in [0.1, 0.15) is 11.3 Å². The Morgan fingerprint density at radius 3 is 2.33 bits per heavy atom. The van der Waals surface area contributed by atoms with Crippen molar-refractivity contribution in [1.29, 1.82) is 0 Å². The highest BCUT2D eigenvalue weighted by Crippen LogP contribution is 2.27. The number of amides is 1. The molecule has 0 saturated heterocycles. The third-order valence-electron chi connectivity index (χ3n) is 4.68. The molecule has 4 rings (SSSR count). The van der Waals surface area contributed by atoms with Crippen LogP contribution >= 0.6 is 0 Å². The maximum Gasteiger partial charge on any atom is 0.336 e. The highest BCUT2D eigenvalue weighted by molar-refractivity contribution is 5.95. The number of anilines is 1. The fourth-order valence-electron chi connectivity index (χ4n) is 3.41. The Bertz CT molecular complexity index is 1240. The van der Waals surface area contributed by atoms with Gasteiger partial charge in [-0.15, -0.1) is 0 Å². The van der Waals surface area contributed by atoms with Gasteiger partial charge in [0.2, 0.25) is 6.10 Å². The number of nitrogens with one attached hydrogen (secondary N) is 1. The SMILES string of the molecule is Cc1cc(C)cc(NC(=O)C(Oc2ccc3ccc(=O)oc3c2)c2ccccc2)c1. The number of aryl methyl sites for hydroxylation is 2. The number of hydrogen-bond donors (Lipinski definition) is 1. The largest absolute Gasteiger partial charge is 0.476 e. The van der Waals surface area contributed by atoms with Gasteiger partial charge in [0.05, 0.1) is 0 Å². The molecule has 30 heavy (non-hydrogen) atoms. The number of rotatable bonds is 5. The molecule has 0 spiro atoms. The van der Waals surface area contributed by atoms with Gasteiger partial charge >= 0.3 is 5.63 Å². The van der Waals surface area contributed by atoms with Crippen molar-refractivity contribution in [2.75, 3.05) is 5.32 Å². The average molecular weight is 399 g/mol. The fraction of sp³-hybridized carbons (Fsp3) is 0.120. The lowest BCUT2D eigenvalue weighted by Gasteiger charge is -2.20. The molecule has 150 valence electrons. The zero-order valence-electron chi connectivity index (χ0n) is 16.7. The van der Waals surface area contributed by atoms with Crippen LogP contribution in [0.5, 0.6) is 5.75 Å². The first-order valence-corrected chi connectivity index (χ1v) is 9.63. The summed E-state index contributed by atoms with van der Waals surface area (Å²) in [4.78, 5) is 24.7. The normalized spacial score (nSPS) is 11.8. The standard InChI is InChI=1S/C25H21NO4/c1-16-12-17(2)14-20(13-16)26-25(28)24(19-6-4-3-5-7-19)29-21-10-8-18-9-11-23(27)30-22(18)15-21/h3-15,24H,1-2H3,(H,26,28). The lowest BCUT2D eigenvalue weighted by molar-refractivity contribution is -0.123. The van der Waals surface area contributed by atoms with Gasteiger partial charge in [0.15, 0.2) is 0 Å². The van der Waals surface area contributed by atoms with Crippen molar-refractivity contribution in [1.82, 2.24) is 0 Å². The van der Waals surface area contributed by atoms with Crippen molar-refractivity contribution in [3.05, 3.63) is 106 Å². The predicted molar refractivity (Wildman–Crippen MR) is 117 cm³/mol. The highest BCUT2D eigenvalue weighted by atomic mass is 16.5. The van der Waals surface area contributed by atoms with Crippen LogP contribution in [0.15, 0.2) is 88.1 Å². The molecule has 0 aliphatic carbocycles. The molecular formula is C25H21NO4. The smallest absolute Gasteiger partial charge is 0.336 e. The van der Waals surface area contributed by atoms with Gasteiger partial charge in [0, 0.05) is 28.8 Å². The van der Waals surface area contributed by atoms with Gasteiger partial charge in [-0.25, -0.2) is 4.79 Å². The average Bonchev–Trinajstić information content (AvgIpc) is 2.71. The lowest BCUT2D eigenvalue weighted by atomic mass is 10.1. The maximum absolute atomic E-state index is 13.1. The minimum atomic E-state index is -0.875. The van der Waals surface area contributed by atoms with Crippen LogP contribution in [0.2, 0.25) is 0 Å². The molecule has 1 atom stereocenters. The van der Waals surface area contributed by atoms with Gasteiger partial charge < -0.3 is 14.5 Å². The molecular weight excluding hydrogens is 378 g/mol. The third-order valence-corrected chi connectivity index (χ3v) is 4.68. The van der Waals surface area contributed by atoms with Gasteiger partial charge in [0.25, 0.3) is 5.91 Å². The minimum absolute atomic E-state index is 0.291. The molecule has 0 saturated carbocycles. The minimum Gasteiger partial charge on any atom is -0.476 e. The molecule has 1 amide bonds. The molecule has 5 nitrogen and oxygen atoms in total. The van der Waals surface area contributed by atoms with Crippen molar-refractivity contribution in [2.45, 2.75) is 20.0 Å². The number of ether oxygens (including phenoxy) is 1. The number of hydrogen-bond acceptors (Lipinski definition) is 4. The van der Waals surface area contributed by atoms with Crippen LogP contribution in [-0.2, 0) is 4.79 Å². The third kappa shape index (κ3) is 4.41. The van der Waals surface area contributed by atoms with E-state index < -0.39 is 11.7 Å². The Kier molecular flexibility index (Phi) is 5.35. The topological polar surface area (TPSA) is 68.5 Å². The molecule has 4 aromatic rings. The van der Waals surface area contributed by atoms with E-state index in [1.807, 2.05) is 62.4 Å². The molecule has 0 bridgehead atoms. The second-order valence-corrected chi connectivity index (χ2v) is 7.23. The molecule has 1 unspecified atom stereocenters. The number of carbonyl (C=O) groups excluding carboxylic acids is 1. The summed E-state index contributed by atoms with van der Waals surface area (Å²) < 4.78 is 11.3. The summed E-state index contributed by atoms with van der Waals surface area (Å²) in [7, 11) is 0. The lowest BCUT2D eigenvalue weighted by Crippen LogP contribution is -2.25. The van der Waals surface area contributed by atoms with Gasteiger partial charge in [-0.2, -0.15) is 0 Å². The van der Waals surface area contributed by atoms with Gasteiger partial charge in [-0.05, 0) is 55.3 Å². The first-order chi connectivity index (χ1) is 14.5. The zero-order valence-corrected chi connectivity index (χ0v) is 16.7. The van der Waals surface area contributed by atoms with Crippen LogP contribution in [0.25, 0.3) is 11.0 Å². The molecule has 3 aromatic carbocycles. The first-order valence-electron chi connectivity index (χ1n) is 9.63. The monoisotopic (exact) mass is 399 g/mol. The van der Waals surface area contributed by atoms with E-state index in [0.717, 1.165) is 16.5 Å². The molecule has 1 N–H and O–H groups in total. The van der Waals surface area contributed by atoms with Crippen LogP contribution in [0.3, 0.4) is 0 Å². The van der Waals surface area contributed by atoms with Crippen LogP contribution in [0.1, 0.15) is 22.8 Å². The predicted octanol–water partition coefficient (Wildman–Crippen LogP) is 5.17. The van der Waals surface area contributed by atoms with E-state index in [2.05, 4.69) is 5.32 Å². The van der Waals surface area contributed by atoms with Crippen molar-refractivity contribution >= 4 is 22.6 Å². The zero-order chi connectivity index (χ0) is 21.1. The second-order valence-electron chi connectivity index (χ2n) is 7.23. The van der Waals surface area contributed by atoms with Crippen molar-refractivity contribution in [3.8, 4) is 5.75 Å². The van der Waals surface area contributed by atoms with E-state index >= 15 is 0 Å². The van der Waals surface area contributed by atoms with E-state index in [0.29, 0.717) is 22.6 Å². The van der Waals surface area contributed by atoms with Crippen LogP contribution < -0.4 is 15.7 Å². The van der Waals surface area contributed by atoms with E-state index in [-0.39, 0.29) is 5.91 Å². The van der Waals surface area contributed by atoms with Gasteiger partial charge in [-0.3, -0.25) is 4.79 Å². The van der Waals surface area contributed by atoms with Crippen molar-refractivity contribution in [3.63, 3.8) is 0 Å². The number of carbonyl (C=O) groups is 1. The molecule has 0 aliphatic heterocycles. The Morgan fingerprint density at radius 1 is 0.900 bits per heavy atom. The molecule has 1 aromatic heterocycles. The molecule has 0 radical (unpaired) electrons. The molecule has 1 heterocycles. The Balaban J connectivity index is 1.66. The van der Waals surface area contributed by atoms with Crippen LogP contribution in [0, 0.1) is 13.8 Å².